The first kappa shape index (κ1) is 12.8. The van der Waals surface area contributed by atoms with Crippen LogP contribution in [0.5, 0.6) is 0 Å². The molecule has 0 aromatic carbocycles. The maximum absolute atomic E-state index is 6.17. The molecule has 15 heavy (non-hydrogen) atoms. The van der Waals surface area contributed by atoms with Crippen molar-refractivity contribution in [3.8, 4) is 0 Å². The normalized spacial score (nSPS) is 31.9. The molecular weight excluding hydrogens is 184 g/mol. The third-order valence-electron chi connectivity index (χ3n) is 3.77. The first-order valence-electron chi connectivity index (χ1n) is 6.41. The van der Waals surface area contributed by atoms with Crippen molar-refractivity contribution in [3.05, 3.63) is 11.6 Å². The van der Waals surface area contributed by atoms with E-state index in [0.717, 1.165) is 18.8 Å². The van der Waals surface area contributed by atoms with Crippen molar-refractivity contribution >= 4 is 0 Å². The maximum atomic E-state index is 6.17. The lowest BCUT2D eigenvalue weighted by molar-refractivity contribution is -0.0315. The lowest BCUT2D eigenvalue weighted by Crippen LogP contribution is -2.32. The van der Waals surface area contributed by atoms with Gasteiger partial charge in [0, 0.05) is 0 Å². The SMILES string of the molecule is CCC(CC)O[C@@H]1C=C(C)C[C@H](C)[C@H]1C. The summed E-state index contributed by atoms with van der Waals surface area (Å²) in [5.74, 6) is 1.42. The quantitative estimate of drug-likeness (QED) is 0.632. The van der Waals surface area contributed by atoms with Gasteiger partial charge in [-0.15, -0.1) is 0 Å². The van der Waals surface area contributed by atoms with E-state index in [9.17, 15) is 0 Å². The molecule has 0 amide bonds. The van der Waals surface area contributed by atoms with Crippen LogP contribution >= 0.6 is 0 Å². The van der Waals surface area contributed by atoms with Gasteiger partial charge in [-0.1, -0.05) is 39.3 Å². The standard InChI is InChI=1S/C14H26O/c1-6-13(7-2)15-14-9-10(3)8-11(4)12(14)5/h9,11-14H,6-8H2,1-5H3/t11-,12+,14+/m0/s1. The summed E-state index contributed by atoms with van der Waals surface area (Å²) in [6.07, 6.45) is 6.61. The Kier molecular flexibility index (Phi) is 4.85. The molecule has 0 bridgehead atoms. The highest BCUT2D eigenvalue weighted by atomic mass is 16.5. The van der Waals surface area contributed by atoms with Crippen LogP contribution in [0.1, 0.15) is 53.9 Å². The van der Waals surface area contributed by atoms with Crippen molar-refractivity contribution in [1.29, 1.82) is 0 Å². The van der Waals surface area contributed by atoms with Crippen LogP contribution in [0.4, 0.5) is 0 Å². The number of rotatable bonds is 4. The van der Waals surface area contributed by atoms with Gasteiger partial charge in [0.1, 0.15) is 0 Å². The van der Waals surface area contributed by atoms with Gasteiger partial charge < -0.3 is 4.74 Å². The summed E-state index contributed by atoms with van der Waals surface area (Å²) < 4.78 is 6.17. The van der Waals surface area contributed by atoms with E-state index in [-0.39, 0.29) is 0 Å². The largest absolute Gasteiger partial charge is 0.371 e. The molecule has 1 aliphatic rings. The van der Waals surface area contributed by atoms with Crippen LogP contribution in [0.25, 0.3) is 0 Å². The molecule has 0 fully saturated rings. The van der Waals surface area contributed by atoms with E-state index < -0.39 is 0 Å². The average Bonchev–Trinajstić information content (AvgIpc) is 2.21. The highest BCUT2D eigenvalue weighted by Gasteiger charge is 2.27. The zero-order valence-electron chi connectivity index (χ0n) is 10.9. The minimum atomic E-state index is 0.346. The highest BCUT2D eigenvalue weighted by molar-refractivity contribution is 5.09. The molecular formula is C14H26O. The number of hydrogen-bond acceptors (Lipinski definition) is 1. The fourth-order valence-electron chi connectivity index (χ4n) is 2.38. The lowest BCUT2D eigenvalue weighted by Gasteiger charge is -2.34. The van der Waals surface area contributed by atoms with Gasteiger partial charge in [0.2, 0.25) is 0 Å². The third kappa shape index (κ3) is 3.34. The maximum Gasteiger partial charge on any atom is 0.0790 e. The van der Waals surface area contributed by atoms with Gasteiger partial charge in [0.15, 0.2) is 0 Å². The zero-order valence-corrected chi connectivity index (χ0v) is 10.9. The average molecular weight is 210 g/mol. The number of ether oxygens (including phenoxy) is 1. The van der Waals surface area contributed by atoms with Crippen molar-refractivity contribution < 1.29 is 4.74 Å². The molecule has 0 N–H and O–H groups in total. The fraction of sp³-hybridized carbons (Fsp3) is 0.857. The summed E-state index contributed by atoms with van der Waals surface area (Å²) in [6.45, 7) is 11.3. The van der Waals surface area contributed by atoms with Crippen LogP contribution in [0.2, 0.25) is 0 Å². The second-order valence-corrected chi connectivity index (χ2v) is 5.09. The van der Waals surface area contributed by atoms with E-state index in [1.165, 1.54) is 12.0 Å². The summed E-state index contributed by atoms with van der Waals surface area (Å²) in [5, 5.41) is 0. The molecule has 3 atom stereocenters. The fourth-order valence-corrected chi connectivity index (χ4v) is 2.38. The summed E-state index contributed by atoms with van der Waals surface area (Å²) in [4.78, 5) is 0. The Morgan fingerprint density at radius 1 is 1.33 bits per heavy atom. The first-order chi connectivity index (χ1) is 7.08. The van der Waals surface area contributed by atoms with Crippen LogP contribution in [-0.2, 0) is 4.74 Å². The summed E-state index contributed by atoms with van der Waals surface area (Å²) in [7, 11) is 0. The van der Waals surface area contributed by atoms with Crippen molar-refractivity contribution in [2.24, 2.45) is 11.8 Å². The molecule has 0 aromatic heterocycles. The predicted molar refractivity (Wildman–Crippen MR) is 65.9 cm³/mol. The van der Waals surface area contributed by atoms with Gasteiger partial charge in [-0.3, -0.25) is 0 Å². The van der Waals surface area contributed by atoms with Gasteiger partial charge in [-0.05, 0) is 38.0 Å². The number of hydrogen-bond donors (Lipinski definition) is 0. The Balaban J connectivity index is 2.62. The van der Waals surface area contributed by atoms with Gasteiger partial charge >= 0.3 is 0 Å². The Labute approximate surface area is 94.9 Å². The molecule has 0 heterocycles. The Morgan fingerprint density at radius 2 is 1.93 bits per heavy atom. The van der Waals surface area contributed by atoms with Gasteiger partial charge in [-0.2, -0.15) is 0 Å². The van der Waals surface area contributed by atoms with E-state index in [4.69, 9.17) is 4.74 Å². The molecule has 1 rings (SSSR count). The zero-order chi connectivity index (χ0) is 11.4. The number of allylic oxidation sites excluding steroid dienone is 1. The van der Waals surface area contributed by atoms with Crippen LogP contribution in [-0.4, -0.2) is 12.2 Å². The van der Waals surface area contributed by atoms with Crippen molar-refractivity contribution in [2.75, 3.05) is 0 Å². The van der Waals surface area contributed by atoms with Crippen molar-refractivity contribution in [2.45, 2.75) is 66.1 Å². The molecule has 0 unspecified atom stereocenters. The van der Waals surface area contributed by atoms with Gasteiger partial charge in [0.05, 0.1) is 12.2 Å². The molecule has 0 aliphatic heterocycles. The van der Waals surface area contributed by atoms with Crippen LogP contribution in [0.3, 0.4) is 0 Å². The highest BCUT2D eigenvalue weighted by Crippen LogP contribution is 2.31. The summed E-state index contributed by atoms with van der Waals surface area (Å²) in [6, 6.07) is 0. The Hall–Kier alpha value is -0.300. The summed E-state index contributed by atoms with van der Waals surface area (Å²) in [5.41, 5.74) is 1.50. The molecule has 0 spiro atoms. The Morgan fingerprint density at radius 3 is 2.47 bits per heavy atom. The minimum absolute atomic E-state index is 0.346. The first-order valence-corrected chi connectivity index (χ1v) is 6.41. The van der Waals surface area contributed by atoms with E-state index in [0.29, 0.717) is 18.1 Å². The third-order valence-corrected chi connectivity index (χ3v) is 3.77. The Bertz CT molecular complexity index is 215. The lowest BCUT2D eigenvalue weighted by atomic mass is 9.80. The molecule has 1 aliphatic carbocycles. The predicted octanol–water partition coefficient (Wildman–Crippen LogP) is 4.18. The minimum Gasteiger partial charge on any atom is -0.371 e. The van der Waals surface area contributed by atoms with E-state index in [2.05, 4.69) is 40.7 Å². The van der Waals surface area contributed by atoms with Gasteiger partial charge in [-0.25, -0.2) is 0 Å². The van der Waals surface area contributed by atoms with E-state index in [1.54, 1.807) is 0 Å². The van der Waals surface area contributed by atoms with Crippen molar-refractivity contribution in [1.82, 2.24) is 0 Å². The molecule has 0 radical (unpaired) electrons. The van der Waals surface area contributed by atoms with Gasteiger partial charge in [0.25, 0.3) is 0 Å². The van der Waals surface area contributed by atoms with Crippen LogP contribution in [0.15, 0.2) is 11.6 Å². The van der Waals surface area contributed by atoms with E-state index in [1.807, 2.05) is 0 Å². The van der Waals surface area contributed by atoms with E-state index >= 15 is 0 Å². The summed E-state index contributed by atoms with van der Waals surface area (Å²) >= 11 is 0. The molecule has 88 valence electrons. The molecule has 0 saturated carbocycles. The van der Waals surface area contributed by atoms with Crippen LogP contribution in [0, 0.1) is 11.8 Å². The van der Waals surface area contributed by atoms with Crippen molar-refractivity contribution in [3.63, 3.8) is 0 Å². The molecule has 0 saturated heterocycles. The molecule has 1 heteroatoms. The second kappa shape index (κ2) is 5.69. The second-order valence-electron chi connectivity index (χ2n) is 5.09. The monoisotopic (exact) mass is 210 g/mol. The molecule has 0 aromatic rings. The topological polar surface area (TPSA) is 9.23 Å². The smallest absolute Gasteiger partial charge is 0.0790 e. The van der Waals surface area contributed by atoms with Crippen LogP contribution < -0.4 is 0 Å². The molecule has 1 nitrogen and oxygen atoms in total.